The van der Waals surface area contributed by atoms with Crippen molar-refractivity contribution in [3.8, 4) is 0 Å². The molecule has 0 saturated carbocycles. The number of aromatic amines is 1. The molecule has 0 bridgehead atoms. The zero-order valence-electron chi connectivity index (χ0n) is 6.90. The Bertz CT molecular complexity index is 278. The van der Waals surface area contributed by atoms with E-state index in [2.05, 4.69) is 18.1 Å². The van der Waals surface area contributed by atoms with Crippen molar-refractivity contribution < 1.29 is 9.67 Å². The third-order valence-electron chi connectivity index (χ3n) is 1.62. The number of rotatable bonds is 4. The minimum absolute atomic E-state index is 0.639. The first-order valence-electron chi connectivity index (χ1n) is 3.77. The first-order valence-corrected chi connectivity index (χ1v) is 3.77. The SMILES string of the molecule is C=CC[n+]1cc[nH]c1C(O)C=C. The molecule has 0 radical (unpaired) electrons. The molecular weight excluding hydrogens is 152 g/mol. The zero-order valence-corrected chi connectivity index (χ0v) is 6.90. The molecule has 1 aromatic rings. The second kappa shape index (κ2) is 3.88. The molecule has 1 unspecified atom stereocenters. The third-order valence-corrected chi connectivity index (χ3v) is 1.62. The Morgan fingerprint density at radius 3 is 3.00 bits per heavy atom. The maximum Gasteiger partial charge on any atom is 0.287 e. The Balaban J connectivity index is 2.89. The van der Waals surface area contributed by atoms with Gasteiger partial charge >= 0.3 is 0 Å². The molecule has 0 aliphatic carbocycles. The van der Waals surface area contributed by atoms with Crippen molar-refractivity contribution in [2.75, 3.05) is 0 Å². The fourth-order valence-corrected chi connectivity index (χ4v) is 1.04. The molecule has 64 valence electrons. The van der Waals surface area contributed by atoms with Crippen LogP contribution >= 0.6 is 0 Å². The number of H-pyrrole nitrogens is 1. The molecule has 0 aliphatic heterocycles. The highest BCUT2D eigenvalue weighted by Gasteiger charge is 2.15. The number of aliphatic hydroxyl groups excluding tert-OH is 1. The summed E-state index contributed by atoms with van der Waals surface area (Å²) in [4.78, 5) is 2.94. The van der Waals surface area contributed by atoms with Crippen LogP contribution < -0.4 is 4.57 Å². The summed E-state index contributed by atoms with van der Waals surface area (Å²) in [6.45, 7) is 7.81. The summed E-state index contributed by atoms with van der Waals surface area (Å²) in [5, 5.41) is 9.42. The van der Waals surface area contributed by atoms with Gasteiger partial charge in [0.2, 0.25) is 0 Å². The van der Waals surface area contributed by atoms with Crippen molar-refractivity contribution in [3.05, 3.63) is 43.5 Å². The molecule has 1 rings (SSSR count). The van der Waals surface area contributed by atoms with Gasteiger partial charge in [-0.3, -0.25) is 0 Å². The zero-order chi connectivity index (χ0) is 8.97. The van der Waals surface area contributed by atoms with Crippen LogP contribution in [0.2, 0.25) is 0 Å². The number of nitrogens with one attached hydrogen (secondary N) is 1. The van der Waals surface area contributed by atoms with Gasteiger partial charge in [0.1, 0.15) is 18.9 Å². The molecule has 3 nitrogen and oxygen atoms in total. The first-order chi connectivity index (χ1) is 5.79. The molecular formula is C9H13N2O+. The van der Waals surface area contributed by atoms with Gasteiger partial charge in [-0.2, -0.15) is 0 Å². The van der Waals surface area contributed by atoms with Gasteiger partial charge in [-0.25, -0.2) is 9.55 Å². The first kappa shape index (κ1) is 8.74. The summed E-state index contributed by atoms with van der Waals surface area (Å²) in [5.41, 5.74) is 0. The standard InChI is InChI=1S/C9H12N2O/c1-3-6-11-7-5-10-9(11)8(12)4-2/h3-5,7-8,12H,1-2,6H2/p+1. The average Bonchev–Trinajstić information content (AvgIpc) is 2.52. The Morgan fingerprint density at radius 1 is 1.67 bits per heavy atom. The van der Waals surface area contributed by atoms with Gasteiger partial charge < -0.3 is 5.11 Å². The van der Waals surface area contributed by atoms with Crippen molar-refractivity contribution in [1.29, 1.82) is 0 Å². The van der Waals surface area contributed by atoms with Gasteiger partial charge in [0, 0.05) is 0 Å². The lowest BCUT2D eigenvalue weighted by Crippen LogP contribution is -2.36. The van der Waals surface area contributed by atoms with Gasteiger partial charge in [-0.15, -0.1) is 0 Å². The highest BCUT2D eigenvalue weighted by atomic mass is 16.3. The highest BCUT2D eigenvalue weighted by molar-refractivity contribution is 4.93. The van der Waals surface area contributed by atoms with Crippen LogP contribution in [0.3, 0.4) is 0 Å². The van der Waals surface area contributed by atoms with E-state index in [-0.39, 0.29) is 0 Å². The summed E-state index contributed by atoms with van der Waals surface area (Å²) in [5.74, 6) is 0.727. The fraction of sp³-hybridized carbons (Fsp3) is 0.222. The summed E-state index contributed by atoms with van der Waals surface area (Å²) in [6.07, 6.45) is 6.23. The number of nitrogens with zero attached hydrogens (tertiary/aromatic N) is 1. The van der Waals surface area contributed by atoms with Crippen LogP contribution in [0.25, 0.3) is 0 Å². The molecule has 0 saturated heterocycles. The van der Waals surface area contributed by atoms with Crippen molar-refractivity contribution in [3.63, 3.8) is 0 Å². The number of imidazole rings is 1. The summed E-state index contributed by atoms with van der Waals surface area (Å²) < 4.78 is 1.87. The van der Waals surface area contributed by atoms with E-state index >= 15 is 0 Å². The van der Waals surface area contributed by atoms with Crippen LogP contribution in [0.15, 0.2) is 37.7 Å². The van der Waals surface area contributed by atoms with Gasteiger partial charge in [0.15, 0.2) is 6.10 Å². The van der Waals surface area contributed by atoms with Crippen LogP contribution in [0.4, 0.5) is 0 Å². The maximum atomic E-state index is 9.42. The van der Waals surface area contributed by atoms with E-state index < -0.39 is 6.10 Å². The van der Waals surface area contributed by atoms with E-state index in [0.717, 1.165) is 5.82 Å². The molecule has 1 aromatic heterocycles. The van der Waals surface area contributed by atoms with Crippen molar-refractivity contribution >= 4 is 0 Å². The van der Waals surface area contributed by atoms with E-state index in [1.165, 1.54) is 6.08 Å². The summed E-state index contributed by atoms with van der Waals surface area (Å²) >= 11 is 0. The summed E-state index contributed by atoms with van der Waals surface area (Å²) in [6, 6.07) is 0. The van der Waals surface area contributed by atoms with Gasteiger partial charge in [-0.05, 0) is 0 Å². The van der Waals surface area contributed by atoms with E-state index in [4.69, 9.17) is 0 Å². The Morgan fingerprint density at radius 2 is 2.42 bits per heavy atom. The Labute approximate surface area is 71.7 Å². The molecule has 0 aliphatic rings. The minimum atomic E-state index is -0.639. The molecule has 0 amide bonds. The number of allylic oxidation sites excluding steroid dienone is 1. The second-order valence-corrected chi connectivity index (χ2v) is 2.47. The highest BCUT2D eigenvalue weighted by Crippen LogP contribution is 2.04. The smallest absolute Gasteiger partial charge is 0.287 e. The minimum Gasteiger partial charge on any atom is -0.377 e. The van der Waals surface area contributed by atoms with Gasteiger partial charge in [0.05, 0.1) is 0 Å². The molecule has 0 fully saturated rings. The van der Waals surface area contributed by atoms with E-state index in [1.807, 2.05) is 10.8 Å². The molecule has 1 heterocycles. The van der Waals surface area contributed by atoms with Crippen molar-refractivity contribution in [1.82, 2.24) is 4.98 Å². The second-order valence-electron chi connectivity index (χ2n) is 2.47. The number of hydrogen-bond donors (Lipinski definition) is 2. The van der Waals surface area contributed by atoms with Crippen molar-refractivity contribution in [2.24, 2.45) is 0 Å². The predicted octanol–water partition coefficient (Wildman–Crippen LogP) is 0.708. The molecule has 12 heavy (non-hydrogen) atoms. The fourth-order valence-electron chi connectivity index (χ4n) is 1.04. The van der Waals surface area contributed by atoms with Crippen LogP contribution in [0.1, 0.15) is 11.9 Å². The molecule has 3 heteroatoms. The molecule has 0 aromatic carbocycles. The van der Waals surface area contributed by atoms with E-state index in [0.29, 0.717) is 6.54 Å². The van der Waals surface area contributed by atoms with Crippen LogP contribution in [-0.4, -0.2) is 10.1 Å². The van der Waals surface area contributed by atoms with Crippen LogP contribution in [0.5, 0.6) is 0 Å². The lowest BCUT2D eigenvalue weighted by atomic mass is 10.3. The predicted molar refractivity (Wildman–Crippen MR) is 46.3 cm³/mol. The molecule has 0 spiro atoms. The largest absolute Gasteiger partial charge is 0.377 e. The third kappa shape index (κ3) is 1.62. The van der Waals surface area contributed by atoms with Crippen LogP contribution in [0, 0.1) is 0 Å². The van der Waals surface area contributed by atoms with Gasteiger partial charge in [-0.1, -0.05) is 25.3 Å². The Kier molecular flexibility index (Phi) is 2.82. The normalized spacial score (nSPS) is 12.4. The average molecular weight is 165 g/mol. The monoisotopic (exact) mass is 165 g/mol. The quantitative estimate of drug-likeness (QED) is 0.500. The van der Waals surface area contributed by atoms with E-state index in [1.54, 1.807) is 12.3 Å². The van der Waals surface area contributed by atoms with E-state index in [9.17, 15) is 5.11 Å². The molecule has 1 atom stereocenters. The van der Waals surface area contributed by atoms with Crippen molar-refractivity contribution in [2.45, 2.75) is 12.6 Å². The molecule has 2 N–H and O–H groups in total. The Hall–Kier alpha value is -1.35. The number of aromatic nitrogens is 2. The number of aliphatic hydroxyl groups is 1. The lowest BCUT2D eigenvalue weighted by Gasteiger charge is -1.99. The number of hydrogen-bond acceptors (Lipinski definition) is 1. The topological polar surface area (TPSA) is 39.9 Å². The maximum absolute atomic E-state index is 9.42. The van der Waals surface area contributed by atoms with Gasteiger partial charge in [0.25, 0.3) is 5.82 Å². The summed E-state index contributed by atoms with van der Waals surface area (Å²) in [7, 11) is 0. The van der Waals surface area contributed by atoms with Crippen LogP contribution in [-0.2, 0) is 6.54 Å². The lowest BCUT2D eigenvalue weighted by molar-refractivity contribution is -0.695.